The van der Waals surface area contributed by atoms with Crippen LogP contribution in [-0.4, -0.2) is 15.9 Å². The number of hydrogen-bond donors (Lipinski definition) is 2. The maximum absolute atomic E-state index is 13.2. The Morgan fingerprint density at radius 3 is 2.68 bits per heavy atom. The van der Waals surface area contributed by atoms with Crippen molar-refractivity contribution in [3.05, 3.63) is 77.0 Å². The predicted octanol–water partition coefficient (Wildman–Crippen LogP) is 4.57. The second-order valence-electron chi connectivity index (χ2n) is 5.31. The Balaban J connectivity index is 1.77. The molecule has 0 atom stereocenters. The number of hydrogen-bond acceptors (Lipinski definition) is 4. The fraction of sp³-hybridized carbons (Fsp3) is 0.0556. The molecule has 0 saturated heterocycles. The summed E-state index contributed by atoms with van der Waals surface area (Å²) >= 11 is 5.75. The molecule has 0 saturated carbocycles. The van der Waals surface area contributed by atoms with Gasteiger partial charge in [-0.25, -0.2) is 14.4 Å². The van der Waals surface area contributed by atoms with Crippen LogP contribution in [0.2, 0.25) is 5.02 Å². The van der Waals surface area contributed by atoms with Gasteiger partial charge in [0.15, 0.2) is 0 Å². The van der Waals surface area contributed by atoms with Crippen molar-refractivity contribution in [2.45, 2.75) is 6.92 Å². The van der Waals surface area contributed by atoms with Gasteiger partial charge in [0.25, 0.3) is 5.91 Å². The van der Waals surface area contributed by atoms with Gasteiger partial charge in [0.1, 0.15) is 23.7 Å². The first-order valence-electron chi connectivity index (χ1n) is 7.44. The molecule has 0 unspecified atom stereocenters. The van der Waals surface area contributed by atoms with Crippen LogP contribution in [-0.2, 0) is 0 Å². The number of benzene rings is 2. The highest BCUT2D eigenvalue weighted by atomic mass is 35.5. The van der Waals surface area contributed by atoms with Crippen LogP contribution in [0.25, 0.3) is 0 Å². The van der Waals surface area contributed by atoms with Gasteiger partial charge in [-0.1, -0.05) is 29.8 Å². The predicted molar refractivity (Wildman–Crippen MR) is 95.9 cm³/mol. The molecule has 0 fully saturated rings. The van der Waals surface area contributed by atoms with Gasteiger partial charge in [-0.2, -0.15) is 0 Å². The molecule has 1 heterocycles. The van der Waals surface area contributed by atoms with Crippen LogP contribution in [0.15, 0.2) is 54.9 Å². The van der Waals surface area contributed by atoms with E-state index in [1.165, 1.54) is 30.6 Å². The highest BCUT2D eigenvalue weighted by Gasteiger charge is 2.11. The number of rotatable bonds is 4. The van der Waals surface area contributed by atoms with E-state index in [1.807, 2.05) is 31.2 Å². The first-order chi connectivity index (χ1) is 12.0. The third-order valence-electron chi connectivity index (χ3n) is 3.48. The number of halogens is 2. The van der Waals surface area contributed by atoms with Crippen LogP contribution >= 0.6 is 11.6 Å². The first kappa shape index (κ1) is 16.9. The minimum Gasteiger partial charge on any atom is -0.340 e. The molecule has 2 aromatic carbocycles. The van der Waals surface area contributed by atoms with Crippen molar-refractivity contribution in [3.63, 3.8) is 0 Å². The lowest BCUT2D eigenvalue weighted by atomic mass is 10.2. The molecule has 0 aliphatic heterocycles. The van der Waals surface area contributed by atoms with Crippen LogP contribution in [0.4, 0.5) is 21.6 Å². The molecule has 0 bridgehead atoms. The van der Waals surface area contributed by atoms with E-state index in [1.54, 1.807) is 0 Å². The summed E-state index contributed by atoms with van der Waals surface area (Å²) in [6.45, 7) is 1.90. The Morgan fingerprint density at radius 2 is 1.92 bits per heavy atom. The summed E-state index contributed by atoms with van der Waals surface area (Å²) in [5.41, 5.74) is 2.42. The summed E-state index contributed by atoms with van der Waals surface area (Å²) < 4.78 is 13.2. The van der Waals surface area contributed by atoms with E-state index < -0.39 is 5.82 Å². The topological polar surface area (TPSA) is 66.9 Å². The fourth-order valence-electron chi connectivity index (χ4n) is 2.17. The van der Waals surface area contributed by atoms with Crippen LogP contribution in [0.5, 0.6) is 0 Å². The van der Waals surface area contributed by atoms with E-state index in [-0.39, 0.29) is 16.6 Å². The van der Waals surface area contributed by atoms with Crippen molar-refractivity contribution >= 4 is 34.7 Å². The molecule has 0 aliphatic carbocycles. The number of aryl methyl sites for hydroxylation is 1. The molecule has 25 heavy (non-hydrogen) atoms. The van der Waals surface area contributed by atoms with Gasteiger partial charge in [-0.3, -0.25) is 4.79 Å². The number of amides is 1. The monoisotopic (exact) mass is 356 g/mol. The average Bonchev–Trinajstić information content (AvgIpc) is 2.60. The maximum Gasteiger partial charge on any atom is 0.274 e. The summed E-state index contributed by atoms with van der Waals surface area (Å²) in [5.74, 6) is -0.460. The number of nitrogens with one attached hydrogen (secondary N) is 2. The molecular formula is C18H14ClFN4O. The highest BCUT2D eigenvalue weighted by molar-refractivity contribution is 6.31. The Morgan fingerprint density at radius 1 is 1.12 bits per heavy atom. The number of para-hydroxylation sites is 1. The Bertz CT molecular complexity index is 932. The maximum atomic E-state index is 13.2. The number of carbonyl (C=O) groups excluding carboxylic acids is 1. The van der Waals surface area contributed by atoms with Crippen molar-refractivity contribution in [1.29, 1.82) is 0 Å². The molecule has 3 aromatic rings. The lowest BCUT2D eigenvalue weighted by Gasteiger charge is -2.09. The van der Waals surface area contributed by atoms with Gasteiger partial charge in [0.2, 0.25) is 0 Å². The summed E-state index contributed by atoms with van der Waals surface area (Å²) in [5, 5.41) is 5.76. The third-order valence-corrected chi connectivity index (χ3v) is 3.77. The molecule has 7 heteroatoms. The Kier molecular flexibility index (Phi) is 4.90. The van der Waals surface area contributed by atoms with Crippen molar-refractivity contribution in [3.8, 4) is 0 Å². The zero-order valence-electron chi connectivity index (χ0n) is 13.3. The van der Waals surface area contributed by atoms with Crippen LogP contribution in [0.3, 0.4) is 0 Å². The quantitative estimate of drug-likeness (QED) is 0.718. The van der Waals surface area contributed by atoms with Crippen LogP contribution < -0.4 is 10.6 Å². The highest BCUT2D eigenvalue weighted by Crippen LogP contribution is 2.22. The van der Waals surface area contributed by atoms with E-state index >= 15 is 0 Å². The van der Waals surface area contributed by atoms with Gasteiger partial charge in [-0.05, 0) is 36.8 Å². The van der Waals surface area contributed by atoms with Gasteiger partial charge in [0.05, 0.1) is 5.02 Å². The van der Waals surface area contributed by atoms with Crippen molar-refractivity contribution in [1.82, 2.24) is 9.97 Å². The van der Waals surface area contributed by atoms with Crippen molar-refractivity contribution < 1.29 is 9.18 Å². The Labute approximate surface area is 148 Å². The second kappa shape index (κ2) is 7.27. The first-order valence-corrected chi connectivity index (χ1v) is 7.82. The summed E-state index contributed by atoms with van der Waals surface area (Å²) in [6.07, 6.45) is 1.28. The van der Waals surface area contributed by atoms with E-state index in [0.717, 1.165) is 5.56 Å². The summed E-state index contributed by atoms with van der Waals surface area (Å²) in [4.78, 5) is 20.4. The second-order valence-corrected chi connectivity index (χ2v) is 5.72. The Hall–Kier alpha value is -2.99. The number of nitrogens with zero attached hydrogens (tertiary/aromatic N) is 2. The normalized spacial score (nSPS) is 10.4. The molecule has 1 aromatic heterocycles. The minimum atomic E-state index is -0.506. The van der Waals surface area contributed by atoms with E-state index in [0.29, 0.717) is 17.2 Å². The largest absolute Gasteiger partial charge is 0.340 e. The lowest BCUT2D eigenvalue weighted by Crippen LogP contribution is -2.15. The number of anilines is 3. The third kappa shape index (κ3) is 4.10. The zero-order valence-corrected chi connectivity index (χ0v) is 14.0. The van der Waals surface area contributed by atoms with Gasteiger partial charge in [0, 0.05) is 17.4 Å². The van der Waals surface area contributed by atoms with Crippen molar-refractivity contribution in [2.75, 3.05) is 10.6 Å². The molecule has 0 radical (unpaired) electrons. The number of aromatic nitrogens is 2. The van der Waals surface area contributed by atoms with Crippen LogP contribution in [0, 0.1) is 12.7 Å². The zero-order chi connectivity index (χ0) is 17.8. The fourth-order valence-corrected chi connectivity index (χ4v) is 2.35. The molecule has 2 N–H and O–H groups in total. The van der Waals surface area contributed by atoms with Gasteiger partial charge in [-0.15, -0.1) is 0 Å². The van der Waals surface area contributed by atoms with Gasteiger partial charge < -0.3 is 10.6 Å². The molecule has 0 aliphatic rings. The molecular weight excluding hydrogens is 343 g/mol. The van der Waals surface area contributed by atoms with E-state index in [9.17, 15) is 9.18 Å². The van der Waals surface area contributed by atoms with E-state index in [2.05, 4.69) is 20.6 Å². The van der Waals surface area contributed by atoms with E-state index in [4.69, 9.17) is 11.6 Å². The molecule has 0 spiro atoms. The lowest BCUT2D eigenvalue weighted by molar-refractivity contribution is 0.102. The molecule has 1 amide bonds. The van der Waals surface area contributed by atoms with Gasteiger partial charge >= 0.3 is 0 Å². The van der Waals surface area contributed by atoms with Crippen LogP contribution in [0.1, 0.15) is 16.1 Å². The minimum absolute atomic E-state index is 0.00317. The molecule has 5 nitrogen and oxygen atoms in total. The summed E-state index contributed by atoms with van der Waals surface area (Å²) in [7, 11) is 0. The summed E-state index contributed by atoms with van der Waals surface area (Å²) in [6, 6.07) is 13.2. The standard InChI is InChI=1S/C18H14ClFN4O/c1-11-4-2-3-5-15(11)24-18(25)16-9-17(22-10-21-16)23-12-6-7-14(20)13(19)8-12/h2-10H,1H3,(H,24,25)(H,21,22,23). The number of carbonyl (C=O) groups is 1. The van der Waals surface area contributed by atoms with Crippen molar-refractivity contribution in [2.24, 2.45) is 0 Å². The average molecular weight is 357 g/mol. The molecule has 3 rings (SSSR count). The smallest absolute Gasteiger partial charge is 0.274 e. The molecule has 126 valence electrons. The SMILES string of the molecule is Cc1ccccc1NC(=O)c1cc(Nc2ccc(F)c(Cl)c2)ncn1.